The lowest BCUT2D eigenvalue weighted by atomic mass is 10.3. The van der Waals surface area contributed by atoms with E-state index in [0.717, 1.165) is 13.2 Å². The Bertz CT molecular complexity index is 234. The lowest BCUT2D eigenvalue weighted by Gasteiger charge is -1.96. The molecule has 1 aromatic rings. The molecule has 0 fully saturated rings. The van der Waals surface area contributed by atoms with Crippen LogP contribution in [0.15, 0.2) is 30.3 Å². The van der Waals surface area contributed by atoms with E-state index >= 15 is 0 Å². The molecule has 4 N–H and O–H groups in total. The number of rotatable bonds is 4. The summed E-state index contributed by atoms with van der Waals surface area (Å²) in [5.41, 5.74) is 0. The molecule has 5 heteroatoms. The Balaban J connectivity index is 0. The van der Waals surface area contributed by atoms with Gasteiger partial charge in [0.1, 0.15) is 11.9 Å². The molecule has 5 nitrogen and oxygen atoms in total. The Morgan fingerprint density at radius 1 is 1.00 bits per heavy atom. The van der Waals surface area contributed by atoms with Gasteiger partial charge in [0.25, 0.3) is 0 Å². The Hall–Kier alpha value is -1.14. The van der Waals surface area contributed by atoms with Crippen LogP contribution in [0.25, 0.3) is 0 Å². The highest BCUT2D eigenvalue weighted by atomic mass is 16.5. The van der Waals surface area contributed by atoms with Crippen molar-refractivity contribution in [2.45, 2.75) is 20.0 Å². The number of benzene rings is 1. The zero-order valence-electron chi connectivity index (χ0n) is 11.0. The highest BCUT2D eigenvalue weighted by Crippen LogP contribution is 2.02. The smallest absolute Gasteiger partial charge is 0.115 e. The van der Waals surface area contributed by atoms with Gasteiger partial charge in [0.15, 0.2) is 0 Å². The molecular formula is C13H24O5. The van der Waals surface area contributed by atoms with E-state index in [9.17, 15) is 0 Å². The number of hydrogen-bond acceptors (Lipinski definition) is 5. The maximum atomic E-state index is 8.63. The molecule has 18 heavy (non-hydrogen) atoms. The molecule has 106 valence electrons. The van der Waals surface area contributed by atoms with Crippen molar-refractivity contribution in [2.24, 2.45) is 0 Å². The topological polar surface area (TPSA) is 90.2 Å². The molecule has 0 radical (unpaired) electrons. The summed E-state index contributed by atoms with van der Waals surface area (Å²) in [7, 11) is 0. The fraction of sp³-hybridized carbons (Fsp3) is 0.538. The van der Waals surface area contributed by atoms with Crippen LogP contribution in [0.5, 0.6) is 5.75 Å². The van der Waals surface area contributed by atoms with Gasteiger partial charge in [-0.3, -0.25) is 0 Å². The van der Waals surface area contributed by atoms with Gasteiger partial charge in [-0.2, -0.15) is 0 Å². The number of aliphatic hydroxyl groups excluding tert-OH is 3. The van der Waals surface area contributed by atoms with Crippen LogP contribution >= 0.6 is 0 Å². The minimum Gasteiger partial charge on any atom is -0.508 e. The van der Waals surface area contributed by atoms with Gasteiger partial charge in [-0.1, -0.05) is 18.2 Å². The van der Waals surface area contributed by atoms with E-state index in [1.54, 1.807) is 24.3 Å². The van der Waals surface area contributed by atoms with E-state index in [0.29, 0.717) is 5.75 Å². The number of aromatic hydroxyl groups is 1. The molecule has 0 spiro atoms. The highest BCUT2D eigenvalue weighted by Gasteiger charge is 1.93. The largest absolute Gasteiger partial charge is 0.508 e. The summed E-state index contributed by atoms with van der Waals surface area (Å²) >= 11 is 0. The lowest BCUT2D eigenvalue weighted by molar-refractivity contribution is 0.0450. The standard InChI is InChI=1S/C6H6O.C4H10O.C3H8O3/c7-6-4-2-1-3-5-6;1-3-5-4-2;4-1-3(6)2-5/h1-5,7H;3-4H2,1-2H3;3-6H,1-2H2. The third-order valence-corrected chi connectivity index (χ3v) is 1.59. The van der Waals surface area contributed by atoms with Crippen LogP contribution in [-0.2, 0) is 4.74 Å². The van der Waals surface area contributed by atoms with Gasteiger partial charge in [-0.25, -0.2) is 0 Å². The molecule has 1 aromatic carbocycles. The molecule has 0 amide bonds. The van der Waals surface area contributed by atoms with Gasteiger partial charge in [-0.05, 0) is 26.0 Å². The van der Waals surface area contributed by atoms with E-state index in [2.05, 4.69) is 0 Å². The van der Waals surface area contributed by atoms with Crippen molar-refractivity contribution in [3.05, 3.63) is 30.3 Å². The zero-order valence-corrected chi connectivity index (χ0v) is 11.0. The normalized spacial score (nSPS) is 9.00. The predicted molar refractivity (Wildman–Crippen MR) is 70.5 cm³/mol. The predicted octanol–water partition coefficient (Wildman–Crippen LogP) is 0.767. The van der Waals surface area contributed by atoms with Crippen molar-refractivity contribution in [3.8, 4) is 5.75 Å². The van der Waals surface area contributed by atoms with E-state index in [1.165, 1.54) is 0 Å². The average Bonchev–Trinajstić information content (AvgIpc) is 2.41. The van der Waals surface area contributed by atoms with Crippen LogP contribution in [0.3, 0.4) is 0 Å². The van der Waals surface area contributed by atoms with Crippen molar-refractivity contribution in [1.82, 2.24) is 0 Å². The average molecular weight is 260 g/mol. The van der Waals surface area contributed by atoms with Crippen molar-refractivity contribution in [2.75, 3.05) is 26.4 Å². The fourth-order valence-corrected chi connectivity index (χ4v) is 0.690. The first kappa shape index (κ1) is 19.2. The van der Waals surface area contributed by atoms with Gasteiger partial charge < -0.3 is 25.2 Å². The minimum absolute atomic E-state index is 0.322. The molecule has 0 unspecified atom stereocenters. The SMILES string of the molecule is CCOCC.OCC(O)CO.Oc1ccccc1. The Morgan fingerprint density at radius 3 is 1.56 bits per heavy atom. The first-order chi connectivity index (χ1) is 8.62. The van der Waals surface area contributed by atoms with Gasteiger partial charge >= 0.3 is 0 Å². The molecule has 0 aliphatic carbocycles. The van der Waals surface area contributed by atoms with Crippen LogP contribution in [0, 0.1) is 0 Å². The maximum absolute atomic E-state index is 8.63. The van der Waals surface area contributed by atoms with E-state index in [1.807, 2.05) is 19.9 Å². The second kappa shape index (κ2) is 15.9. The summed E-state index contributed by atoms with van der Waals surface area (Å²) in [5.74, 6) is 0.322. The Kier molecular flexibility index (Phi) is 16.9. The van der Waals surface area contributed by atoms with Gasteiger partial charge in [0.2, 0.25) is 0 Å². The summed E-state index contributed by atoms with van der Waals surface area (Å²) in [4.78, 5) is 0. The number of aliphatic hydroxyl groups is 3. The number of phenolic OH excluding ortho intramolecular Hbond substituents is 1. The second-order valence-electron chi connectivity index (χ2n) is 3.14. The fourth-order valence-electron chi connectivity index (χ4n) is 0.690. The van der Waals surface area contributed by atoms with Crippen molar-refractivity contribution >= 4 is 0 Å². The monoisotopic (exact) mass is 260 g/mol. The summed E-state index contributed by atoms with van der Waals surface area (Å²) in [6.07, 6.45) is -0.954. The molecule has 0 aliphatic heterocycles. The summed E-state index contributed by atoms with van der Waals surface area (Å²) in [6.45, 7) is 4.94. The summed E-state index contributed by atoms with van der Waals surface area (Å²) in [6, 6.07) is 8.71. The van der Waals surface area contributed by atoms with E-state index < -0.39 is 6.10 Å². The van der Waals surface area contributed by atoms with Crippen molar-refractivity contribution in [3.63, 3.8) is 0 Å². The molecule has 0 atom stereocenters. The molecule has 0 saturated heterocycles. The molecule has 0 bridgehead atoms. The maximum Gasteiger partial charge on any atom is 0.115 e. The van der Waals surface area contributed by atoms with Crippen LogP contribution in [0.4, 0.5) is 0 Å². The van der Waals surface area contributed by atoms with Gasteiger partial charge in [-0.15, -0.1) is 0 Å². The second-order valence-corrected chi connectivity index (χ2v) is 3.14. The molecule has 0 saturated carbocycles. The number of ether oxygens (including phenoxy) is 1. The van der Waals surface area contributed by atoms with Gasteiger partial charge in [0.05, 0.1) is 13.2 Å². The van der Waals surface area contributed by atoms with Crippen LogP contribution in [0.2, 0.25) is 0 Å². The number of hydrogen-bond donors (Lipinski definition) is 4. The van der Waals surface area contributed by atoms with Crippen molar-refractivity contribution < 1.29 is 25.2 Å². The zero-order chi connectivity index (χ0) is 14.2. The van der Waals surface area contributed by atoms with Gasteiger partial charge in [0, 0.05) is 13.2 Å². The Labute approximate surface area is 108 Å². The number of phenols is 1. The molecule has 1 rings (SSSR count). The highest BCUT2D eigenvalue weighted by molar-refractivity contribution is 5.18. The molecule has 0 heterocycles. The minimum atomic E-state index is -0.954. The number of para-hydroxylation sites is 1. The Morgan fingerprint density at radius 2 is 1.44 bits per heavy atom. The summed E-state index contributed by atoms with van der Waals surface area (Å²) < 4.78 is 4.83. The van der Waals surface area contributed by atoms with Crippen molar-refractivity contribution in [1.29, 1.82) is 0 Å². The summed E-state index contributed by atoms with van der Waals surface area (Å²) in [5, 5.41) is 32.6. The molecular weight excluding hydrogens is 236 g/mol. The quantitative estimate of drug-likeness (QED) is 0.642. The third-order valence-electron chi connectivity index (χ3n) is 1.59. The third kappa shape index (κ3) is 17.3. The molecule has 0 aromatic heterocycles. The molecule has 0 aliphatic rings. The lowest BCUT2D eigenvalue weighted by Crippen LogP contribution is -2.15. The first-order valence-electron chi connectivity index (χ1n) is 5.83. The van der Waals surface area contributed by atoms with Crippen LogP contribution < -0.4 is 0 Å². The van der Waals surface area contributed by atoms with Crippen LogP contribution in [-0.4, -0.2) is 53.0 Å². The van der Waals surface area contributed by atoms with E-state index in [-0.39, 0.29) is 13.2 Å². The first-order valence-corrected chi connectivity index (χ1v) is 5.83. The van der Waals surface area contributed by atoms with E-state index in [4.69, 9.17) is 25.2 Å². The van der Waals surface area contributed by atoms with Crippen LogP contribution in [0.1, 0.15) is 13.8 Å².